The van der Waals surface area contributed by atoms with Gasteiger partial charge in [0.2, 0.25) is 0 Å². The SMILES string of the molecule is CCn1nc(Sc2cccc(OC)c2)c2c(N)ncnc21. The number of ether oxygens (including phenoxy) is 1. The molecule has 0 unspecified atom stereocenters. The van der Waals surface area contributed by atoms with Gasteiger partial charge in [-0.05, 0) is 25.1 Å². The van der Waals surface area contributed by atoms with Gasteiger partial charge in [0.05, 0.1) is 12.5 Å². The highest BCUT2D eigenvalue weighted by molar-refractivity contribution is 7.99. The summed E-state index contributed by atoms with van der Waals surface area (Å²) in [6.45, 7) is 2.75. The quantitative estimate of drug-likeness (QED) is 0.798. The van der Waals surface area contributed by atoms with E-state index in [0.29, 0.717) is 5.82 Å². The van der Waals surface area contributed by atoms with Crippen molar-refractivity contribution in [1.29, 1.82) is 0 Å². The highest BCUT2D eigenvalue weighted by Crippen LogP contribution is 2.35. The van der Waals surface area contributed by atoms with Crippen LogP contribution in [0.15, 0.2) is 40.5 Å². The number of hydrogen-bond acceptors (Lipinski definition) is 6. The smallest absolute Gasteiger partial charge is 0.164 e. The Balaban J connectivity index is 2.08. The lowest BCUT2D eigenvalue weighted by Crippen LogP contribution is -1.98. The Morgan fingerprint density at radius 1 is 1.33 bits per heavy atom. The Hall–Kier alpha value is -2.28. The maximum absolute atomic E-state index is 5.99. The molecule has 0 aliphatic heterocycles. The number of aryl methyl sites for hydroxylation is 1. The average molecular weight is 301 g/mol. The van der Waals surface area contributed by atoms with Crippen molar-refractivity contribution in [3.8, 4) is 5.75 Å². The van der Waals surface area contributed by atoms with Gasteiger partial charge in [0.25, 0.3) is 0 Å². The summed E-state index contributed by atoms with van der Waals surface area (Å²) in [5, 5.41) is 6.18. The van der Waals surface area contributed by atoms with E-state index in [0.717, 1.165) is 33.2 Å². The number of nitrogens with zero attached hydrogens (tertiary/aromatic N) is 4. The first-order valence-electron chi connectivity index (χ1n) is 6.51. The Bertz CT molecular complexity index is 786. The summed E-state index contributed by atoms with van der Waals surface area (Å²) in [5.74, 6) is 1.26. The van der Waals surface area contributed by atoms with Crippen molar-refractivity contribution in [1.82, 2.24) is 19.7 Å². The van der Waals surface area contributed by atoms with Crippen molar-refractivity contribution in [3.63, 3.8) is 0 Å². The maximum atomic E-state index is 5.99. The third-order valence-corrected chi connectivity index (χ3v) is 4.05. The molecule has 0 saturated carbocycles. The number of hydrogen-bond donors (Lipinski definition) is 1. The normalized spacial score (nSPS) is 11.0. The fourth-order valence-corrected chi connectivity index (χ4v) is 3.05. The predicted octanol–water partition coefficient (Wildman–Crippen LogP) is 2.59. The summed E-state index contributed by atoms with van der Waals surface area (Å²) in [7, 11) is 1.65. The zero-order valence-corrected chi connectivity index (χ0v) is 12.6. The van der Waals surface area contributed by atoms with Gasteiger partial charge < -0.3 is 10.5 Å². The predicted molar refractivity (Wildman–Crippen MR) is 82.5 cm³/mol. The van der Waals surface area contributed by atoms with Gasteiger partial charge in [-0.2, -0.15) is 5.10 Å². The number of benzene rings is 1. The van der Waals surface area contributed by atoms with Gasteiger partial charge in [-0.1, -0.05) is 17.8 Å². The number of rotatable bonds is 4. The molecule has 0 radical (unpaired) electrons. The van der Waals surface area contributed by atoms with Crippen LogP contribution in [0.2, 0.25) is 0 Å². The highest BCUT2D eigenvalue weighted by atomic mass is 32.2. The Morgan fingerprint density at radius 2 is 2.19 bits per heavy atom. The van der Waals surface area contributed by atoms with E-state index in [1.54, 1.807) is 7.11 Å². The van der Waals surface area contributed by atoms with Gasteiger partial charge in [0, 0.05) is 11.4 Å². The first kappa shape index (κ1) is 13.7. The van der Waals surface area contributed by atoms with Gasteiger partial charge >= 0.3 is 0 Å². The minimum Gasteiger partial charge on any atom is -0.497 e. The van der Waals surface area contributed by atoms with Gasteiger partial charge in [-0.15, -0.1) is 0 Å². The molecule has 0 saturated heterocycles. The number of nitrogen functional groups attached to an aromatic ring is 1. The van der Waals surface area contributed by atoms with Crippen LogP contribution >= 0.6 is 11.8 Å². The molecule has 0 aliphatic rings. The van der Waals surface area contributed by atoms with Crippen LogP contribution in [0.5, 0.6) is 5.75 Å². The van der Waals surface area contributed by atoms with Crippen molar-refractivity contribution in [2.24, 2.45) is 0 Å². The number of nitrogens with two attached hydrogens (primary N) is 1. The van der Waals surface area contributed by atoms with E-state index >= 15 is 0 Å². The topological polar surface area (TPSA) is 78.9 Å². The first-order chi connectivity index (χ1) is 10.2. The molecule has 0 fully saturated rings. The van der Waals surface area contributed by atoms with E-state index in [9.17, 15) is 0 Å². The van der Waals surface area contributed by atoms with Crippen LogP contribution in [0.1, 0.15) is 6.92 Å². The van der Waals surface area contributed by atoms with E-state index in [4.69, 9.17) is 10.5 Å². The van der Waals surface area contributed by atoms with Gasteiger partial charge in [0.1, 0.15) is 22.9 Å². The summed E-state index contributed by atoms with van der Waals surface area (Å²) in [6, 6.07) is 7.82. The minimum absolute atomic E-state index is 0.449. The number of fused-ring (bicyclic) bond motifs is 1. The molecule has 0 atom stereocenters. The average Bonchev–Trinajstić information content (AvgIpc) is 2.87. The fourth-order valence-electron chi connectivity index (χ4n) is 2.07. The largest absolute Gasteiger partial charge is 0.497 e. The molecule has 7 heteroatoms. The van der Waals surface area contributed by atoms with Crippen LogP contribution in [-0.2, 0) is 6.54 Å². The standard InChI is InChI=1S/C14H15N5OS/c1-3-19-13-11(12(15)16-8-17-13)14(18-19)21-10-6-4-5-9(7-10)20-2/h4-8H,3H2,1-2H3,(H2,15,16,17). The molecule has 2 aromatic heterocycles. The lowest BCUT2D eigenvalue weighted by molar-refractivity contribution is 0.413. The molecule has 3 aromatic rings. The van der Waals surface area contributed by atoms with E-state index in [2.05, 4.69) is 15.1 Å². The van der Waals surface area contributed by atoms with Gasteiger partial charge in [-0.25, -0.2) is 14.6 Å². The lowest BCUT2D eigenvalue weighted by atomic mass is 10.3. The summed E-state index contributed by atoms with van der Waals surface area (Å²) in [5.41, 5.74) is 6.75. The monoisotopic (exact) mass is 301 g/mol. The van der Waals surface area contributed by atoms with Gasteiger partial charge in [0.15, 0.2) is 5.65 Å². The van der Waals surface area contributed by atoms with Crippen molar-refractivity contribution in [3.05, 3.63) is 30.6 Å². The third kappa shape index (κ3) is 2.52. The van der Waals surface area contributed by atoms with Crippen molar-refractivity contribution < 1.29 is 4.74 Å². The molecule has 0 aliphatic carbocycles. The van der Waals surface area contributed by atoms with Crippen molar-refractivity contribution in [2.45, 2.75) is 23.4 Å². The Morgan fingerprint density at radius 3 is 2.95 bits per heavy atom. The zero-order valence-electron chi connectivity index (χ0n) is 11.8. The molecule has 0 bridgehead atoms. The molecule has 2 N–H and O–H groups in total. The molecule has 3 rings (SSSR count). The molecule has 1 aromatic carbocycles. The molecule has 21 heavy (non-hydrogen) atoms. The van der Waals surface area contributed by atoms with E-state index in [-0.39, 0.29) is 0 Å². The zero-order chi connectivity index (χ0) is 14.8. The molecule has 0 spiro atoms. The fraction of sp³-hybridized carbons (Fsp3) is 0.214. The molecule has 0 amide bonds. The van der Waals surface area contributed by atoms with Crippen LogP contribution in [-0.4, -0.2) is 26.9 Å². The van der Waals surface area contributed by atoms with Crippen LogP contribution in [0.25, 0.3) is 11.0 Å². The van der Waals surface area contributed by atoms with Crippen LogP contribution in [0.3, 0.4) is 0 Å². The molecule has 6 nitrogen and oxygen atoms in total. The second-order valence-corrected chi connectivity index (χ2v) is 5.42. The third-order valence-electron chi connectivity index (χ3n) is 3.08. The van der Waals surface area contributed by atoms with Crippen LogP contribution in [0.4, 0.5) is 5.82 Å². The number of methoxy groups -OCH3 is 1. The second kappa shape index (κ2) is 5.61. The maximum Gasteiger partial charge on any atom is 0.164 e. The Labute approximate surface area is 126 Å². The highest BCUT2D eigenvalue weighted by Gasteiger charge is 2.15. The van der Waals surface area contributed by atoms with E-state index < -0.39 is 0 Å². The second-order valence-electron chi connectivity index (χ2n) is 4.36. The lowest BCUT2D eigenvalue weighted by Gasteiger charge is -2.03. The molecular formula is C14H15N5OS. The summed E-state index contributed by atoms with van der Waals surface area (Å²) in [4.78, 5) is 9.37. The number of anilines is 1. The van der Waals surface area contributed by atoms with Crippen molar-refractivity contribution >= 4 is 28.6 Å². The first-order valence-corrected chi connectivity index (χ1v) is 7.33. The summed E-state index contributed by atoms with van der Waals surface area (Å²) >= 11 is 1.53. The molecule has 108 valence electrons. The van der Waals surface area contributed by atoms with Crippen molar-refractivity contribution in [2.75, 3.05) is 12.8 Å². The van der Waals surface area contributed by atoms with Crippen LogP contribution in [0, 0.1) is 0 Å². The summed E-state index contributed by atoms with van der Waals surface area (Å²) in [6.07, 6.45) is 1.46. The number of aromatic nitrogens is 4. The molecular weight excluding hydrogens is 286 g/mol. The van der Waals surface area contributed by atoms with E-state index in [1.807, 2.05) is 35.9 Å². The Kier molecular flexibility index (Phi) is 3.66. The van der Waals surface area contributed by atoms with Gasteiger partial charge in [-0.3, -0.25) is 0 Å². The summed E-state index contributed by atoms with van der Waals surface area (Å²) < 4.78 is 7.07. The van der Waals surface area contributed by atoms with E-state index in [1.165, 1.54) is 18.1 Å². The minimum atomic E-state index is 0.449. The van der Waals surface area contributed by atoms with Crippen LogP contribution < -0.4 is 10.5 Å². The molecule has 2 heterocycles.